The molecule has 1 heteroatoms. The Bertz CT molecular complexity index is 745. The van der Waals surface area contributed by atoms with Crippen LogP contribution in [0.1, 0.15) is 11.3 Å². The summed E-state index contributed by atoms with van der Waals surface area (Å²) in [4.78, 5) is 4.56. The molecule has 1 aromatic heterocycles. The van der Waals surface area contributed by atoms with Crippen LogP contribution in [0.3, 0.4) is 0 Å². The molecule has 19 heavy (non-hydrogen) atoms. The lowest BCUT2D eigenvalue weighted by Gasteiger charge is -2.09. The largest absolute Gasteiger partial charge is 0.260 e. The second-order valence-electron chi connectivity index (χ2n) is 4.88. The van der Waals surface area contributed by atoms with Crippen molar-refractivity contribution < 1.29 is 0 Å². The molecule has 0 amide bonds. The van der Waals surface area contributed by atoms with Crippen LogP contribution in [-0.2, 0) is 6.42 Å². The Kier molecular flexibility index (Phi) is 2.25. The minimum Gasteiger partial charge on any atom is -0.260 e. The topological polar surface area (TPSA) is 12.9 Å². The second kappa shape index (κ2) is 4.06. The van der Waals surface area contributed by atoms with Gasteiger partial charge in [-0.05, 0) is 28.3 Å². The molecule has 0 atom stereocenters. The molecular weight excluding hydrogens is 230 g/mol. The lowest BCUT2D eigenvalue weighted by Crippen LogP contribution is -1.89. The fraction of sp³-hybridized carbons (Fsp3) is 0.0556. The van der Waals surface area contributed by atoms with Crippen LogP contribution in [-0.4, -0.2) is 4.98 Å². The van der Waals surface area contributed by atoms with E-state index >= 15 is 0 Å². The minimum absolute atomic E-state index is 0.951. The van der Waals surface area contributed by atoms with E-state index in [2.05, 4.69) is 65.6 Å². The molecule has 0 unspecified atom stereocenters. The van der Waals surface area contributed by atoms with Crippen molar-refractivity contribution in [2.45, 2.75) is 6.42 Å². The maximum atomic E-state index is 4.56. The molecule has 0 radical (unpaired) electrons. The fourth-order valence-electron chi connectivity index (χ4n) is 2.90. The van der Waals surface area contributed by atoms with Gasteiger partial charge in [0.05, 0.1) is 5.69 Å². The van der Waals surface area contributed by atoms with Crippen molar-refractivity contribution in [3.8, 4) is 22.3 Å². The van der Waals surface area contributed by atoms with Gasteiger partial charge in [0, 0.05) is 18.2 Å². The van der Waals surface area contributed by atoms with Crippen molar-refractivity contribution >= 4 is 0 Å². The van der Waals surface area contributed by atoms with E-state index in [9.17, 15) is 0 Å². The number of nitrogens with zero attached hydrogens (tertiary/aromatic N) is 1. The van der Waals surface area contributed by atoms with Gasteiger partial charge in [0.1, 0.15) is 0 Å². The monoisotopic (exact) mass is 243 g/mol. The van der Waals surface area contributed by atoms with Gasteiger partial charge >= 0.3 is 0 Å². The first-order valence-electron chi connectivity index (χ1n) is 6.55. The number of fused-ring (bicyclic) bond motifs is 3. The molecule has 1 aliphatic rings. The normalized spacial score (nSPS) is 12.0. The van der Waals surface area contributed by atoms with Crippen LogP contribution in [0.15, 0.2) is 66.9 Å². The van der Waals surface area contributed by atoms with Crippen molar-refractivity contribution in [2.24, 2.45) is 0 Å². The summed E-state index contributed by atoms with van der Waals surface area (Å²) in [6.45, 7) is 0. The number of aromatic nitrogens is 1. The molecule has 4 rings (SSSR count). The Morgan fingerprint density at radius 2 is 1.53 bits per heavy atom. The fourth-order valence-corrected chi connectivity index (χ4v) is 2.90. The predicted octanol–water partition coefficient (Wildman–Crippen LogP) is 4.32. The smallest absolute Gasteiger partial charge is 0.0532 e. The third-order valence-corrected chi connectivity index (χ3v) is 3.76. The molecule has 0 fully saturated rings. The van der Waals surface area contributed by atoms with E-state index in [0.29, 0.717) is 0 Å². The van der Waals surface area contributed by atoms with Crippen molar-refractivity contribution in [1.29, 1.82) is 0 Å². The quantitative estimate of drug-likeness (QED) is 0.485. The number of benzene rings is 2. The number of hydrogen-bond donors (Lipinski definition) is 0. The van der Waals surface area contributed by atoms with Gasteiger partial charge in [-0.2, -0.15) is 0 Å². The minimum atomic E-state index is 0.951. The highest BCUT2D eigenvalue weighted by Gasteiger charge is 2.22. The first-order valence-corrected chi connectivity index (χ1v) is 6.55. The van der Waals surface area contributed by atoms with Crippen LogP contribution < -0.4 is 0 Å². The molecule has 2 aromatic carbocycles. The maximum absolute atomic E-state index is 4.56. The van der Waals surface area contributed by atoms with Gasteiger partial charge in [-0.15, -0.1) is 0 Å². The maximum Gasteiger partial charge on any atom is 0.0532 e. The Morgan fingerprint density at radius 1 is 0.737 bits per heavy atom. The van der Waals surface area contributed by atoms with Crippen molar-refractivity contribution in [3.05, 3.63) is 78.1 Å². The number of rotatable bonds is 1. The van der Waals surface area contributed by atoms with Crippen molar-refractivity contribution in [3.63, 3.8) is 0 Å². The molecule has 0 N–H and O–H groups in total. The van der Waals surface area contributed by atoms with E-state index in [4.69, 9.17) is 0 Å². The van der Waals surface area contributed by atoms with Gasteiger partial charge in [-0.25, -0.2) is 0 Å². The standard InChI is InChI=1S/C18H13N/c1-2-6-13(7-3-1)16-10-11-19-17-12-14-8-4-5-9-15(14)18(16)17/h1-11H,12H2. The molecule has 0 saturated carbocycles. The van der Waals surface area contributed by atoms with E-state index in [1.807, 2.05) is 6.20 Å². The zero-order valence-electron chi connectivity index (χ0n) is 10.5. The molecule has 1 heterocycles. The third-order valence-electron chi connectivity index (χ3n) is 3.76. The SMILES string of the molecule is c1ccc(-c2ccnc3c2-c2ccccc2C3)cc1. The Balaban J connectivity index is 2.01. The molecule has 0 aliphatic heterocycles. The summed E-state index contributed by atoms with van der Waals surface area (Å²) >= 11 is 0. The Morgan fingerprint density at radius 3 is 2.42 bits per heavy atom. The first kappa shape index (κ1) is 10.5. The molecule has 0 bridgehead atoms. The van der Waals surface area contributed by atoms with Crippen molar-refractivity contribution in [2.75, 3.05) is 0 Å². The van der Waals surface area contributed by atoms with E-state index in [-0.39, 0.29) is 0 Å². The summed E-state index contributed by atoms with van der Waals surface area (Å²) in [5.41, 5.74) is 7.78. The summed E-state index contributed by atoms with van der Waals surface area (Å²) in [7, 11) is 0. The van der Waals surface area contributed by atoms with Gasteiger partial charge in [0.2, 0.25) is 0 Å². The van der Waals surface area contributed by atoms with Crippen LogP contribution in [0, 0.1) is 0 Å². The van der Waals surface area contributed by atoms with E-state index in [1.165, 1.54) is 33.5 Å². The molecule has 3 aromatic rings. The van der Waals surface area contributed by atoms with E-state index < -0.39 is 0 Å². The predicted molar refractivity (Wildman–Crippen MR) is 77.9 cm³/mol. The third kappa shape index (κ3) is 1.59. The lowest BCUT2D eigenvalue weighted by atomic mass is 9.97. The summed E-state index contributed by atoms with van der Waals surface area (Å²) in [6, 6.07) is 21.3. The van der Waals surface area contributed by atoms with E-state index in [0.717, 1.165) is 6.42 Å². The Labute approximate surface area is 112 Å². The molecule has 1 aliphatic carbocycles. The van der Waals surface area contributed by atoms with E-state index in [1.54, 1.807) is 0 Å². The summed E-state index contributed by atoms with van der Waals surface area (Å²) in [5.74, 6) is 0. The first-order chi connectivity index (χ1) is 9.43. The van der Waals surface area contributed by atoms with Gasteiger partial charge in [-0.3, -0.25) is 4.98 Å². The Hall–Kier alpha value is -2.41. The highest BCUT2D eigenvalue weighted by atomic mass is 14.7. The van der Waals surface area contributed by atoms with Crippen molar-refractivity contribution in [1.82, 2.24) is 4.98 Å². The van der Waals surface area contributed by atoms with Crippen LogP contribution in [0.5, 0.6) is 0 Å². The summed E-state index contributed by atoms with van der Waals surface area (Å²) in [5, 5.41) is 0. The molecular formula is C18H13N. The highest BCUT2D eigenvalue weighted by molar-refractivity contribution is 5.89. The van der Waals surface area contributed by atoms with Gasteiger partial charge in [0.25, 0.3) is 0 Å². The van der Waals surface area contributed by atoms with Gasteiger partial charge in [0.15, 0.2) is 0 Å². The van der Waals surface area contributed by atoms with Gasteiger partial charge in [-0.1, -0.05) is 54.6 Å². The molecule has 1 nitrogen and oxygen atoms in total. The number of pyridine rings is 1. The second-order valence-corrected chi connectivity index (χ2v) is 4.88. The highest BCUT2D eigenvalue weighted by Crippen LogP contribution is 2.41. The van der Waals surface area contributed by atoms with Crippen LogP contribution in [0.25, 0.3) is 22.3 Å². The molecule has 90 valence electrons. The number of hydrogen-bond acceptors (Lipinski definition) is 1. The van der Waals surface area contributed by atoms with Gasteiger partial charge < -0.3 is 0 Å². The lowest BCUT2D eigenvalue weighted by molar-refractivity contribution is 1.12. The molecule has 0 saturated heterocycles. The summed E-state index contributed by atoms with van der Waals surface area (Å²) in [6.07, 6.45) is 2.87. The summed E-state index contributed by atoms with van der Waals surface area (Å²) < 4.78 is 0. The zero-order valence-corrected chi connectivity index (χ0v) is 10.5. The average molecular weight is 243 g/mol. The van der Waals surface area contributed by atoms with Crippen LogP contribution in [0.2, 0.25) is 0 Å². The average Bonchev–Trinajstić information content (AvgIpc) is 2.86. The zero-order chi connectivity index (χ0) is 12.7. The molecule has 0 spiro atoms. The van der Waals surface area contributed by atoms with Crippen LogP contribution >= 0.6 is 0 Å². The van der Waals surface area contributed by atoms with Crippen LogP contribution in [0.4, 0.5) is 0 Å².